The highest BCUT2D eigenvalue weighted by Crippen LogP contribution is 2.27. The third-order valence-electron chi connectivity index (χ3n) is 3.63. The number of amides is 1. The number of carbonyl (C=O) groups is 1. The first kappa shape index (κ1) is 16.7. The van der Waals surface area contributed by atoms with Gasteiger partial charge in [0.2, 0.25) is 5.91 Å². The van der Waals surface area contributed by atoms with E-state index in [1.807, 2.05) is 19.1 Å². The van der Waals surface area contributed by atoms with Crippen LogP contribution in [0.1, 0.15) is 31.2 Å². The van der Waals surface area contributed by atoms with Gasteiger partial charge in [0, 0.05) is 21.7 Å². The molecule has 106 valence electrons. The molecule has 2 atom stereocenters. The van der Waals surface area contributed by atoms with Crippen LogP contribution >= 0.6 is 35.0 Å². The molecule has 3 N–H and O–H groups in total. The first-order valence-electron chi connectivity index (χ1n) is 6.38. The highest BCUT2D eigenvalue weighted by Gasteiger charge is 2.26. The minimum absolute atomic E-state index is 0. The summed E-state index contributed by atoms with van der Waals surface area (Å²) in [5, 5.41) is 2.99. The Labute approximate surface area is 134 Å². The number of rotatable bonds is 3. The van der Waals surface area contributed by atoms with Crippen LogP contribution in [0.5, 0.6) is 0 Å². The number of hydrogen-bond acceptors (Lipinski definition) is 2. The van der Waals surface area contributed by atoms with Crippen LogP contribution in [0.4, 0.5) is 5.69 Å². The van der Waals surface area contributed by atoms with Gasteiger partial charge in [-0.05, 0) is 72.0 Å². The van der Waals surface area contributed by atoms with E-state index in [-0.39, 0.29) is 24.4 Å². The highest BCUT2D eigenvalue weighted by atomic mass is 127. The lowest BCUT2D eigenvalue weighted by molar-refractivity contribution is -0.117. The molecular weight excluding hydrogens is 375 g/mol. The summed E-state index contributed by atoms with van der Waals surface area (Å²) in [5.74, 6) is 0.441. The first-order chi connectivity index (χ1) is 8.56. The van der Waals surface area contributed by atoms with E-state index in [4.69, 9.17) is 5.73 Å². The van der Waals surface area contributed by atoms with E-state index >= 15 is 0 Å². The predicted octanol–water partition coefficient (Wildman–Crippen LogP) is 3.48. The monoisotopic (exact) mass is 394 g/mol. The summed E-state index contributed by atoms with van der Waals surface area (Å²) in [6, 6.07) is 6.24. The maximum atomic E-state index is 12.0. The molecule has 2 rings (SSSR count). The van der Waals surface area contributed by atoms with Gasteiger partial charge in [-0.2, -0.15) is 0 Å². The molecule has 0 heterocycles. The van der Waals surface area contributed by atoms with Crippen molar-refractivity contribution < 1.29 is 4.79 Å². The molecule has 1 aliphatic rings. The molecule has 3 nitrogen and oxygen atoms in total. The molecule has 0 unspecified atom stereocenters. The van der Waals surface area contributed by atoms with E-state index in [2.05, 4.69) is 34.0 Å². The maximum absolute atomic E-state index is 12.0. The Morgan fingerprint density at radius 2 is 2.21 bits per heavy atom. The quantitative estimate of drug-likeness (QED) is 0.771. The van der Waals surface area contributed by atoms with Gasteiger partial charge < -0.3 is 11.1 Å². The number of aryl methyl sites for hydroxylation is 1. The van der Waals surface area contributed by atoms with Crippen molar-refractivity contribution in [3.05, 3.63) is 27.3 Å². The number of carbonyl (C=O) groups excluding carboxylic acids is 1. The van der Waals surface area contributed by atoms with Crippen LogP contribution in [0.2, 0.25) is 0 Å². The average molecular weight is 395 g/mol. The second-order valence-corrected chi connectivity index (χ2v) is 6.31. The fraction of sp³-hybridized carbons (Fsp3) is 0.500. The molecule has 1 saturated carbocycles. The molecule has 1 aromatic rings. The number of nitrogens with two attached hydrogens (primary N) is 1. The third kappa shape index (κ3) is 4.61. The number of nitrogens with one attached hydrogen (secondary N) is 1. The molecule has 19 heavy (non-hydrogen) atoms. The Bertz CT molecular complexity index is 453. The van der Waals surface area contributed by atoms with E-state index in [9.17, 15) is 4.79 Å². The fourth-order valence-electron chi connectivity index (χ4n) is 2.53. The van der Waals surface area contributed by atoms with Crippen molar-refractivity contribution in [2.45, 2.75) is 38.6 Å². The Morgan fingerprint density at radius 1 is 1.47 bits per heavy atom. The van der Waals surface area contributed by atoms with Gasteiger partial charge in [-0.1, -0.05) is 6.42 Å². The standard InChI is InChI=1S/C14H19IN2O.ClH/c1-9-7-11(15)5-6-13(9)17-14(18)8-10-3-2-4-12(10)16;/h5-7,10,12H,2-4,8,16H2,1H3,(H,17,18);1H/t10-,12+;/m0./s1. The topological polar surface area (TPSA) is 55.1 Å². The van der Waals surface area contributed by atoms with Gasteiger partial charge in [0.15, 0.2) is 0 Å². The SMILES string of the molecule is Cc1cc(I)ccc1NC(=O)C[C@@H]1CCC[C@H]1N.Cl. The predicted molar refractivity (Wildman–Crippen MR) is 89.7 cm³/mol. The number of hydrogen-bond donors (Lipinski definition) is 2. The van der Waals surface area contributed by atoms with Gasteiger partial charge in [0.25, 0.3) is 0 Å². The summed E-state index contributed by atoms with van der Waals surface area (Å²) >= 11 is 2.27. The van der Waals surface area contributed by atoms with Crippen LogP contribution < -0.4 is 11.1 Å². The van der Waals surface area contributed by atoms with Crippen LogP contribution in [-0.4, -0.2) is 11.9 Å². The first-order valence-corrected chi connectivity index (χ1v) is 7.45. The van der Waals surface area contributed by atoms with Crippen molar-refractivity contribution in [3.8, 4) is 0 Å². The molecule has 0 spiro atoms. The van der Waals surface area contributed by atoms with E-state index in [1.165, 1.54) is 3.57 Å². The van der Waals surface area contributed by atoms with Gasteiger partial charge in [-0.15, -0.1) is 12.4 Å². The van der Waals surface area contributed by atoms with E-state index in [1.54, 1.807) is 0 Å². The zero-order valence-electron chi connectivity index (χ0n) is 11.0. The Morgan fingerprint density at radius 3 is 2.79 bits per heavy atom. The second kappa shape index (κ2) is 7.45. The minimum Gasteiger partial charge on any atom is -0.327 e. The molecule has 1 amide bonds. The molecule has 0 aromatic heterocycles. The molecule has 1 aliphatic carbocycles. The van der Waals surface area contributed by atoms with Crippen LogP contribution in [-0.2, 0) is 4.79 Å². The van der Waals surface area contributed by atoms with Gasteiger partial charge in [-0.25, -0.2) is 0 Å². The van der Waals surface area contributed by atoms with Crippen LogP contribution in [0.3, 0.4) is 0 Å². The summed E-state index contributed by atoms with van der Waals surface area (Å²) in [6.07, 6.45) is 3.84. The lowest BCUT2D eigenvalue weighted by Crippen LogP contribution is -2.28. The number of anilines is 1. The maximum Gasteiger partial charge on any atom is 0.224 e. The minimum atomic E-state index is 0. The lowest BCUT2D eigenvalue weighted by atomic mass is 10.00. The van der Waals surface area contributed by atoms with E-state index in [0.29, 0.717) is 12.3 Å². The molecule has 0 radical (unpaired) electrons. The van der Waals surface area contributed by atoms with Crippen molar-refractivity contribution in [1.29, 1.82) is 0 Å². The molecule has 0 saturated heterocycles. The largest absolute Gasteiger partial charge is 0.327 e. The zero-order chi connectivity index (χ0) is 13.1. The van der Waals surface area contributed by atoms with E-state index < -0.39 is 0 Å². The van der Waals surface area contributed by atoms with Crippen LogP contribution in [0, 0.1) is 16.4 Å². The Balaban J connectivity index is 0.00000180. The summed E-state index contributed by atoms with van der Waals surface area (Å²) in [7, 11) is 0. The van der Waals surface area contributed by atoms with Crippen molar-refractivity contribution >= 4 is 46.6 Å². The van der Waals surface area contributed by atoms with Crippen molar-refractivity contribution in [2.24, 2.45) is 11.7 Å². The molecule has 0 bridgehead atoms. The second-order valence-electron chi connectivity index (χ2n) is 5.07. The smallest absolute Gasteiger partial charge is 0.224 e. The van der Waals surface area contributed by atoms with Crippen LogP contribution in [0.25, 0.3) is 0 Å². The van der Waals surface area contributed by atoms with Gasteiger partial charge in [-0.3, -0.25) is 4.79 Å². The molecule has 1 aromatic carbocycles. The number of halogens is 2. The average Bonchev–Trinajstić information content (AvgIpc) is 2.69. The molecule has 0 aliphatic heterocycles. The highest BCUT2D eigenvalue weighted by molar-refractivity contribution is 14.1. The summed E-state index contributed by atoms with van der Waals surface area (Å²) in [4.78, 5) is 12.0. The number of benzene rings is 1. The summed E-state index contributed by atoms with van der Waals surface area (Å²) < 4.78 is 1.18. The lowest BCUT2D eigenvalue weighted by Gasteiger charge is -2.15. The zero-order valence-corrected chi connectivity index (χ0v) is 14.0. The molecular formula is C14H20ClIN2O. The van der Waals surface area contributed by atoms with Gasteiger partial charge >= 0.3 is 0 Å². The normalized spacial score (nSPS) is 21.8. The van der Waals surface area contributed by atoms with Gasteiger partial charge in [0.1, 0.15) is 0 Å². The fourth-order valence-corrected chi connectivity index (χ4v) is 3.17. The van der Waals surface area contributed by atoms with Crippen LogP contribution in [0.15, 0.2) is 18.2 Å². The summed E-state index contributed by atoms with van der Waals surface area (Å²) in [5.41, 5.74) is 8.00. The van der Waals surface area contributed by atoms with Crippen molar-refractivity contribution in [1.82, 2.24) is 0 Å². The Kier molecular flexibility index (Phi) is 6.56. The molecule has 5 heteroatoms. The van der Waals surface area contributed by atoms with Crippen molar-refractivity contribution in [3.63, 3.8) is 0 Å². The van der Waals surface area contributed by atoms with Gasteiger partial charge in [0.05, 0.1) is 0 Å². The van der Waals surface area contributed by atoms with E-state index in [0.717, 1.165) is 30.5 Å². The summed E-state index contributed by atoms with van der Waals surface area (Å²) in [6.45, 7) is 2.01. The third-order valence-corrected chi connectivity index (χ3v) is 4.30. The van der Waals surface area contributed by atoms with Crippen molar-refractivity contribution in [2.75, 3.05) is 5.32 Å². The Hall–Kier alpha value is -0.330. The molecule has 1 fully saturated rings.